The highest BCUT2D eigenvalue weighted by Gasteiger charge is 1.91. The zero-order chi connectivity index (χ0) is 12.6. The van der Waals surface area contributed by atoms with Gasteiger partial charge in [-0.3, -0.25) is 0 Å². The van der Waals surface area contributed by atoms with Gasteiger partial charge in [-0.2, -0.15) is 0 Å². The quantitative estimate of drug-likeness (QED) is 0.661. The van der Waals surface area contributed by atoms with Crippen LogP contribution in [0.25, 0.3) is 5.57 Å². The Bertz CT molecular complexity index is 529. The number of aryl methyl sites for hydroxylation is 1. The summed E-state index contributed by atoms with van der Waals surface area (Å²) in [4.78, 5) is 0. The summed E-state index contributed by atoms with van der Waals surface area (Å²) in [6, 6.07) is 21.0. The Morgan fingerprint density at radius 2 is 1.56 bits per heavy atom. The number of rotatable bonds is 4. The number of benzene rings is 2. The van der Waals surface area contributed by atoms with Crippen molar-refractivity contribution in [2.45, 2.75) is 19.8 Å². The second kappa shape index (κ2) is 6.64. The van der Waals surface area contributed by atoms with Crippen molar-refractivity contribution < 1.29 is 0 Å². The Labute approximate surface area is 109 Å². The molecule has 0 saturated carbocycles. The molecule has 2 aromatic carbocycles. The maximum absolute atomic E-state index is 3.36. The largest absolute Gasteiger partial charge is 0.121 e. The van der Waals surface area contributed by atoms with E-state index in [1.54, 1.807) is 0 Å². The second-order valence-electron chi connectivity index (χ2n) is 4.36. The number of hydrogen-bond donors (Lipinski definition) is 0. The Kier molecular flexibility index (Phi) is 4.58. The zero-order valence-electron chi connectivity index (χ0n) is 10.8. The first-order valence-corrected chi connectivity index (χ1v) is 6.37. The van der Waals surface area contributed by atoms with Gasteiger partial charge in [0.15, 0.2) is 0 Å². The minimum atomic E-state index is 1.04. The summed E-state index contributed by atoms with van der Waals surface area (Å²) in [6.07, 6.45) is 4.25. The number of hydrogen-bond acceptors (Lipinski definition) is 0. The van der Waals surface area contributed by atoms with Crippen LogP contribution in [0, 0.1) is 0 Å². The Balaban J connectivity index is 1.95. The van der Waals surface area contributed by atoms with Gasteiger partial charge in [0.1, 0.15) is 0 Å². The van der Waals surface area contributed by atoms with Gasteiger partial charge in [0, 0.05) is 0 Å². The smallest absolute Gasteiger partial charge is 0.00224 e. The molecule has 0 heteroatoms. The van der Waals surface area contributed by atoms with Crippen LogP contribution >= 0.6 is 0 Å². The third kappa shape index (κ3) is 3.76. The maximum atomic E-state index is 3.36. The van der Waals surface area contributed by atoms with Crippen LogP contribution in [-0.2, 0) is 6.42 Å². The fourth-order valence-electron chi connectivity index (χ4n) is 1.88. The highest BCUT2D eigenvalue weighted by Crippen LogP contribution is 2.11. The monoisotopic (exact) mass is 234 g/mol. The van der Waals surface area contributed by atoms with E-state index in [0.717, 1.165) is 12.8 Å². The first kappa shape index (κ1) is 12.4. The molecule has 0 aromatic heterocycles. The predicted octanol–water partition coefficient (Wildman–Crippen LogP) is 4.88. The van der Waals surface area contributed by atoms with E-state index in [4.69, 9.17) is 0 Å². The molecule has 0 atom stereocenters. The Hall–Kier alpha value is -2.04. The van der Waals surface area contributed by atoms with Gasteiger partial charge in [0.05, 0.1) is 0 Å². The van der Waals surface area contributed by atoms with E-state index in [-0.39, 0.29) is 0 Å². The van der Waals surface area contributed by atoms with Crippen LogP contribution < -0.4 is 0 Å². The maximum Gasteiger partial charge on any atom is -0.00224 e. The molecule has 0 fully saturated rings. The van der Waals surface area contributed by atoms with E-state index < -0.39 is 0 Å². The molecule has 0 saturated heterocycles. The SMILES string of the molecule is CC(=C=CCCc1ccccc1)c1ccccc1. The van der Waals surface area contributed by atoms with E-state index >= 15 is 0 Å². The van der Waals surface area contributed by atoms with Gasteiger partial charge in [-0.1, -0.05) is 60.7 Å². The van der Waals surface area contributed by atoms with Crippen molar-refractivity contribution in [2.24, 2.45) is 0 Å². The van der Waals surface area contributed by atoms with Crippen LogP contribution in [0.4, 0.5) is 0 Å². The summed E-state index contributed by atoms with van der Waals surface area (Å²) in [7, 11) is 0. The fourth-order valence-corrected chi connectivity index (χ4v) is 1.88. The van der Waals surface area contributed by atoms with Crippen molar-refractivity contribution in [3.8, 4) is 0 Å². The van der Waals surface area contributed by atoms with Crippen LogP contribution in [-0.4, -0.2) is 0 Å². The zero-order valence-corrected chi connectivity index (χ0v) is 10.8. The van der Waals surface area contributed by atoms with Gasteiger partial charge in [0.25, 0.3) is 0 Å². The summed E-state index contributed by atoms with van der Waals surface area (Å²) in [5.41, 5.74) is 7.18. The van der Waals surface area contributed by atoms with Crippen molar-refractivity contribution in [1.29, 1.82) is 0 Å². The molecule has 0 nitrogen and oxygen atoms in total. The third-order valence-corrected chi connectivity index (χ3v) is 2.95. The lowest BCUT2D eigenvalue weighted by Crippen LogP contribution is -1.81. The van der Waals surface area contributed by atoms with E-state index in [0.29, 0.717) is 0 Å². The molecule has 0 bridgehead atoms. The minimum absolute atomic E-state index is 1.04. The fraction of sp³-hybridized carbons (Fsp3) is 0.167. The molecular formula is C18H18. The molecule has 0 spiro atoms. The molecule has 0 N–H and O–H groups in total. The number of allylic oxidation sites excluding steroid dienone is 1. The molecule has 0 aliphatic rings. The van der Waals surface area contributed by atoms with Gasteiger partial charge in [-0.05, 0) is 42.5 Å². The molecule has 0 aliphatic carbocycles. The second-order valence-corrected chi connectivity index (χ2v) is 4.36. The molecule has 18 heavy (non-hydrogen) atoms. The molecule has 0 heterocycles. The van der Waals surface area contributed by atoms with E-state index in [1.165, 1.54) is 16.7 Å². The van der Waals surface area contributed by atoms with Gasteiger partial charge >= 0.3 is 0 Å². The normalized spacial score (nSPS) is 9.61. The third-order valence-electron chi connectivity index (χ3n) is 2.95. The van der Waals surface area contributed by atoms with Crippen molar-refractivity contribution >= 4 is 5.57 Å². The van der Waals surface area contributed by atoms with Crippen molar-refractivity contribution in [3.63, 3.8) is 0 Å². The van der Waals surface area contributed by atoms with E-state index in [2.05, 4.69) is 73.3 Å². The lowest BCUT2D eigenvalue weighted by Gasteiger charge is -1.97. The first-order valence-electron chi connectivity index (χ1n) is 6.37. The first-order chi connectivity index (χ1) is 8.86. The van der Waals surface area contributed by atoms with Crippen LogP contribution in [0.5, 0.6) is 0 Å². The molecule has 2 aromatic rings. The van der Waals surface area contributed by atoms with Crippen molar-refractivity contribution in [3.05, 3.63) is 83.6 Å². The summed E-state index contributed by atoms with van der Waals surface area (Å²) in [6.45, 7) is 2.11. The lowest BCUT2D eigenvalue weighted by molar-refractivity contribution is 1.00. The van der Waals surface area contributed by atoms with Crippen molar-refractivity contribution in [1.82, 2.24) is 0 Å². The summed E-state index contributed by atoms with van der Waals surface area (Å²) in [5.74, 6) is 0. The van der Waals surface area contributed by atoms with E-state index in [9.17, 15) is 0 Å². The standard InChI is InChI=1S/C18H18/c1-16(18-14-6-3-7-15-18)10-8-9-13-17-11-4-2-5-12-17/h2-8,11-12,14-15H,9,13H2,1H3. The van der Waals surface area contributed by atoms with Crippen LogP contribution in [0.2, 0.25) is 0 Å². The average Bonchev–Trinajstić information content (AvgIpc) is 2.45. The molecule has 2 rings (SSSR count). The molecule has 0 aliphatic heterocycles. The summed E-state index contributed by atoms with van der Waals surface area (Å²) in [5, 5.41) is 0. The highest BCUT2D eigenvalue weighted by atomic mass is 14.0. The van der Waals surface area contributed by atoms with Crippen molar-refractivity contribution in [2.75, 3.05) is 0 Å². The topological polar surface area (TPSA) is 0 Å². The summed E-state index contributed by atoms with van der Waals surface area (Å²) < 4.78 is 0. The van der Waals surface area contributed by atoms with Gasteiger partial charge in [-0.25, -0.2) is 0 Å². The molecule has 90 valence electrons. The molecular weight excluding hydrogens is 216 g/mol. The van der Waals surface area contributed by atoms with Crippen LogP contribution in [0.1, 0.15) is 24.5 Å². The van der Waals surface area contributed by atoms with Gasteiger partial charge in [0.2, 0.25) is 0 Å². The molecule has 0 amide bonds. The lowest BCUT2D eigenvalue weighted by atomic mass is 10.1. The Morgan fingerprint density at radius 3 is 2.22 bits per heavy atom. The van der Waals surface area contributed by atoms with Gasteiger partial charge < -0.3 is 0 Å². The Morgan fingerprint density at radius 1 is 0.944 bits per heavy atom. The minimum Gasteiger partial charge on any atom is -0.121 e. The summed E-state index contributed by atoms with van der Waals surface area (Å²) >= 11 is 0. The predicted molar refractivity (Wildman–Crippen MR) is 78.4 cm³/mol. The molecule has 0 unspecified atom stereocenters. The van der Waals surface area contributed by atoms with Gasteiger partial charge in [-0.15, -0.1) is 5.73 Å². The van der Waals surface area contributed by atoms with Crippen LogP contribution in [0.3, 0.4) is 0 Å². The van der Waals surface area contributed by atoms with E-state index in [1.807, 2.05) is 6.07 Å². The van der Waals surface area contributed by atoms with Crippen LogP contribution in [0.15, 0.2) is 72.5 Å². The highest BCUT2D eigenvalue weighted by molar-refractivity contribution is 5.62. The average molecular weight is 234 g/mol. The molecule has 0 radical (unpaired) electrons.